The number of furan rings is 1. The highest BCUT2D eigenvalue weighted by Gasteiger charge is 2.16. The second kappa shape index (κ2) is 8.57. The zero-order valence-electron chi connectivity index (χ0n) is 14.7. The van der Waals surface area contributed by atoms with E-state index >= 15 is 0 Å². The lowest BCUT2D eigenvalue weighted by Gasteiger charge is -2.08. The summed E-state index contributed by atoms with van der Waals surface area (Å²) in [5, 5.41) is 7.87. The second-order valence-electron chi connectivity index (χ2n) is 5.61. The van der Waals surface area contributed by atoms with Gasteiger partial charge in [-0.3, -0.25) is 4.79 Å². The number of benzene rings is 2. The third-order valence-electron chi connectivity index (χ3n) is 3.72. The van der Waals surface area contributed by atoms with E-state index in [9.17, 15) is 9.59 Å². The number of carbonyl (C=O) groups excluding carboxylic acids is 2. The van der Waals surface area contributed by atoms with Gasteiger partial charge in [0.25, 0.3) is 5.91 Å². The van der Waals surface area contributed by atoms with Gasteiger partial charge in [-0.25, -0.2) is 4.79 Å². The first kappa shape index (κ1) is 18.1. The highest BCUT2D eigenvalue weighted by atomic mass is 16.5. The molecule has 0 aliphatic carbocycles. The summed E-state index contributed by atoms with van der Waals surface area (Å²) >= 11 is 0. The second-order valence-corrected chi connectivity index (χ2v) is 5.61. The van der Waals surface area contributed by atoms with E-state index < -0.39 is 0 Å². The summed E-state index contributed by atoms with van der Waals surface area (Å²) in [4.78, 5) is 23.8. The number of urea groups is 1. The Hall–Kier alpha value is -3.74. The van der Waals surface area contributed by atoms with Crippen LogP contribution in [0.1, 0.15) is 16.1 Å². The van der Waals surface area contributed by atoms with Gasteiger partial charge in [0.2, 0.25) is 0 Å². The van der Waals surface area contributed by atoms with Crippen molar-refractivity contribution in [1.29, 1.82) is 0 Å². The van der Waals surface area contributed by atoms with Crippen LogP contribution in [-0.4, -0.2) is 19.0 Å². The van der Waals surface area contributed by atoms with E-state index in [2.05, 4.69) is 16.0 Å². The van der Waals surface area contributed by atoms with Gasteiger partial charge < -0.3 is 25.1 Å². The Labute approximate surface area is 156 Å². The maximum atomic E-state index is 12.5. The van der Waals surface area contributed by atoms with E-state index in [4.69, 9.17) is 9.15 Å². The molecule has 0 aliphatic rings. The van der Waals surface area contributed by atoms with Crippen molar-refractivity contribution in [3.63, 3.8) is 0 Å². The molecule has 3 rings (SSSR count). The van der Waals surface area contributed by atoms with Gasteiger partial charge in [0.1, 0.15) is 12.4 Å². The smallest absolute Gasteiger partial charge is 0.318 e. The van der Waals surface area contributed by atoms with Crippen LogP contribution >= 0.6 is 0 Å². The fourth-order valence-electron chi connectivity index (χ4n) is 2.34. The van der Waals surface area contributed by atoms with Crippen LogP contribution in [0.2, 0.25) is 0 Å². The first-order chi connectivity index (χ1) is 13.2. The molecule has 7 heteroatoms. The topological polar surface area (TPSA) is 92.6 Å². The van der Waals surface area contributed by atoms with Gasteiger partial charge in [-0.2, -0.15) is 0 Å². The summed E-state index contributed by atoms with van der Waals surface area (Å²) in [6.07, 6.45) is 1.45. The molecule has 3 aromatic rings. The molecule has 3 amide bonds. The molecule has 3 N–H and O–H groups in total. The lowest BCUT2D eigenvalue weighted by atomic mass is 10.2. The highest BCUT2D eigenvalue weighted by Crippen LogP contribution is 2.19. The molecule has 0 spiro atoms. The Morgan fingerprint density at radius 3 is 2.26 bits per heavy atom. The van der Waals surface area contributed by atoms with Crippen molar-refractivity contribution >= 4 is 23.3 Å². The molecule has 7 nitrogen and oxygen atoms in total. The third-order valence-corrected chi connectivity index (χ3v) is 3.72. The number of ether oxygens (including phenoxy) is 1. The molecule has 2 aromatic carbocycles. The molecule has 27 heavy (non-hydrogen) atoms. The number of carbonyl (C=O) groups is 2. The number of hydrogen-bond donors (Lipinski definition) is 3. The lowest BCUT2D eigenvalue weighted by molar-refractivity contribution is 0.0993. The molecule has 0 fully saturated rings. The minimum Gasteiger partial charge on any atom is -0.489 e. The van der Waals surface area contributed by atoms with Crippen LogP contribution in [0.5, 0.6) is 5.75 Å². The van der Waals surface area contributed by atoms with Crippen molar-refractivity contribution in [2.75, 3.05) is 17.7 Å². The van der Waals surface area contributed by atoms with Gasteiger partial charge in [0, 0.05) is 24.0 Å². The molecule has 0 bridgehead atoms. The van der Waals surface area contributed by atoms with Gasteiger partial charge in [0.15, 0.2) is 5.76 Å². The van der Waals surface area contributed by atoms with Crippen molar-refractivity contribution in [1.82, 2.24) is 5.32 Å². The van der Waals surface area contributed by atoms with Crippen LogP contribution in [0.4, 0.5) is 16.2 Å². The molecule has 0 radical (unpaired) electrons. The van der Waals surface area contributed by atoms with Crippen molar-refractivity contribution < 1.29 is 18.7 Å². The first-order valence-electron chi connectivity index (χ1n) is 8.30. The summed E-state index contributed by atoms with van der Waals surface area (Å²) < 4.78 is 11.0. The predicted octanol–water partition coefficient (Wildman–Crippen LogP) is 3.86. The van der Waals surface area contributed by atoms with Crippen molar-refractivity contribution in [3.8, 4) is 5.75 Å². The van der Waals surface area contributed by atoms with Gasteiger partial charge in [0.05, 0.1) is 6.26 Å². The molecule has 0 atom stereocenters. The van der Waals surface area contributed by atoms with Gasteiger partial charge >= 0.3 is 6.03 Å². The zero-order valence-corrected chi connectivity index (χ0v) is 14.7. The van der Waals surface area contributed by atoms with Crippen LogP contribution in [0, 0.1) is 0 Å². The lowest BCUT2D eigenvalue weighted by Crippen LogP contribution is -2.24. The van der Waals surface area contributed by atoms with Gasteiger partial charge in [-0.15, -0.1) is 0 Å². The zero-order chi connectivity index (χ0) is 19.1. The monoisotopic (exact) mass is 365 g/mol. The van der Waals surface area contributed by atoms with Crippen LogP contribution in [0.15, 0.2) is 71.3 Å². The van der Waals surface area contributed by atoms with Crippen LogP contribution in [0.3, 0.4) is 0 Å². The molecule has 1 heterocycles. The number of para-hydroxylation sites is 1. The summed E-state index contributed by atoms with van der Waals surface area (Å²) in [6, 6.07) is 17.5. The Morgan fingerprint density at radius 1 is 0.926 bits per heavy atom. The molecular formula is C20H19N3O4. The van der Waals surface area contributed by atoms with E-state index in [1.54, 1.807) is 30.3 Å². The normalized spacial score (nSPS) is 10.1. The first-order valence-corrected chi connectivity index (χ1v) is 8.30. The Balaban J connectivity index is 1.61. The van der Waals surface area contributed by atoms with Gasteiger partial charge in [-0.05, 0) is 42.5 Å². The third kappa shape index (κ3) is 4.88. The fraction of sp³-hybridized carbons (Fsp3) is 0.100. The highest BCUT2D eigenvalue weighted by molar-refractivity contribution is 6.03. The maximum absolute atomic E-state index is 12.5. The maximum Gasteiger partial charge on any atom is 0.318 e. The van der Waals surface area contributed by atoms with E-state index in [1.807, 2.05) is 30.3 Å². The minimum atomic E-state index is -0.376. The number of hydrogen-bond acceptors (Lipinski definition) is 4. The molecule has 138 valence electrons. The van der Waals surface area contributed by atoms with Crippen molar-refractivity contribution in [2.24, 2.45) is 0 Å². The number of amides is 3. The molecule has 0 unspecified atom stereocenters. The van der Waals surface area contributed by atoms with E-state index in [-0.39, 0.29) is 24.3 Å². The van der Waals surface area contributed by atoms with Crippen LogP contribution in [0.25, 0.3) is 0 Å². The Kier molecular flexibility index (Phi) is 5.73. The Morgan fingerprint density at radius 2 is 1.59 bits per heavy atom. The van der Waals surface area contributed by atoms with Crippen molar-refractivity contribution in [2.45, 2.75) is 6.61 Å². The SMILES string of the molecule is CNC(=O)Nc1ccc(NC(=O)c2occc2COc2ccccc2)cc1. The van der Waals surface area contributed by atoms with Crippen molar-refractivity contribution in [3.05, 3.63) is 78.3 Å². The minimum absolute atomic E-state index is 0.193. The van der Waals surface area contributed by atoms with E-state index in [0.29, 0.717) is 22.7 Å². The number of anilines is 2. The average Bonchev–Trinajstić information content (AvgIpc) is 3.17. The summed E-state index contributed by atoms with van der Waals surface area (Å²) in [5.41, 5.74) is 1.84. The standard InChI is InChI=1S/C20H19N3O4/c1-21-20(25)23-16-9-7-15(8-10-16)22-19(24)18-14(11-12-26-18)13-27-17-5-3-2-4-6-17/h2-12H,13H2,1H3,(H,22,24)(H2,21,23,25). The van der Waals surface area contributed by atoms with Crippen LogP contribution < -0.4 is 20.7 Å². The summed E-state index contributed by atoms with van der Waals surface area (Å²) in [6.45, 7) is 0.220. The van der Waals surface area contributed by atoms with Gasteiger partial charge in [-0.1, -0.05) is 18.2 Å². The predicted molar refractivity (Wildman–Crippen MR) is 102 cm³/mol. The molecular weight excluding hydrogens is 346 g/mol. The largest absolute Gasteiger partial charge is 0.489 e. The average molecular weight is 365 g/mol. The molecule has 0 aliphatic heterocycles. The molecule has 0 saturated heterocycles. The van der Waals surface area contributed by atoms with Crippen LogP contribution in [-0.2, 0) is 6.61 Å². The number of nitrogens with one attached hydrogen (secondary N) is 3. The van der Waals surface area contributed by atoms with E-state index in [1.165, 1.54) is 13.3 Å². The molecule has 1 aromatic heterocycles. The number of rotatable bonds is 6. The quantitative estimate of drug-likeness (QED) is 0.618. The summed E-state index contributed by atoms with van der Waals surface area (Å²) in [7, 11) is 1.53. The summed E-state index contributed by atoms with van der Waals surface area (Å²) in [5.74, 6) is 0.529. The fourth-order valence-corrected chi connectivity index (χ4v) is 2.34. The Bertz CT molecular complexity index is 904. The molecule has 0 saturated carbocycles. The van der Waals surface area contributed by atoms with E-state index in [0.717, 1.165) is 0 Å².